The maximum Gasteiger partial charge on any atom is 0.139 e. The van der Waals surface area contributed by atoms with Gasteiger partial charge in [-0.15, -0.1) is 0 Å². The Balaban J connectivity index is 1.65. The van der Waals surface area contributed by atoms with Crippen molar-refractivity contribution in [1.82, 2.24) is 19.7 Å². The number of aromatic amines is 1. The minimum Gasteiger partial charge on any atom is -0.371 e. The summed E-state index contributed by atoms with van der Waals surface area (Å²) >= 11 is 0. The lowest BCUT2D eigenvalue weighted by molar-refractivity contribution is 0.0306. The predicted molar refractivity (Wildman–Crippen MR) is 88.4 cm³/mol. The van der Waals surface area contributed by atoms with Gasteiger partial charge in [-0.05, 0) is 18.9 Å². The van der Waals surface area contributed by atoms with E-state index in [1.54, 1.807) is 0 Å². The molecule has 1 N–H and O–H groups in total. The van der Waals surface area contributed by atoms with E-state index in [2.05, 4.69) is 26.0 Å². The average Bonchev–Trinajstić information content (AvgIpc) is 3.25. The lowest BCUT2D eigenvalue weighted by atomic mass is 10.1. The number of hydrogen-bond donors (Lipinski definition) is 1. The third-order valence-electron chi connectivity index (χ3n) is 4.95. The highest BCUT2D eigenvalue weighted by Crippen LogP contribution is 2.37. The van der Waals surface area contributed by atoms with Crippen molar-refractivity contribution in [2.45, 2.75) is 25.0 Å². The zero-order valence-electron chi connectivity index (χ0n) is 13.1. The number of hydrogen-bond acceptors (Lipinski definition) is 4. The van der Waals surface area contributed by atoms with E-state index in [9.17, 15) is 0 Å². The lowest BCUT2D eigenvalue weighted by Crippen LogP contribution is -2.42. The number of aryl methyl sites for hydroxylation is 1. The van der Waals surface area contributed by atoms with Crippen molar-refractivity contribution in [3.63, 3.8) is 0 Å². The molecule has 6 heteroatoms. The van der Waals surface area contributed by atoms with Crippen LogP contribution < -0.4 is 4.90 Å². The van der Waals surface area contributed by atoms with Gasteiger partial charge in [0.25, 0.3) is 0 Å². The highest BCUT2D eigenvalue weighted by molar-refractivity contribution is 6.02. The number of morpholine rings is 1. The van der Waals surface area contributed by atoms with Gasteiger partial charge < -0.3 is 14.6 Å². The Morgan fingerprint density at radius 1 is 1.26 bits per heavy atom. The molecule has 2 saturated heterocycles. The Morgan fingerprint density at radius 3 is 2.83 bits per heavy atom. The molecule has 0 saturated carbocycles. The summed E-state index contributed by atoms with van der Waals surface area (Å²) in [5.74, 6) is 0. The highest BCUT2D eigenvalue weighted by atomic mass is 16.5. The molecule has 0 spiro atoms. The lowest BCUT2D eigenvalue weighted by Gasteiger charge is -2.34. The van der Waals surface area contributed by atoms with Crippen LogP contribution >= 0.6 is 0 Å². The molecular formula is C17H19N5O. The molecule has 3 aromatic heterocycles. The van der Waals surface area contributed by atoms with Crippen LogP contribution in [0.25, 0.3) is 22.2 Å². The monoisotopic (exact) mass is 309 g/mol. The van der Waals surface area contributed by atoms with E-state index in [4.69, 9.17) is 4.74 Å². The second-order valence-corrected chi connectivity index (χ2v) is 6.52. The van der Waals surface area contributed by atoms with E-state index in [0.717, 1.165) is 29.9 Å². The maximum absolute atomic E-state index is 5.98. The second-order valence-electron chi connectivity index (χ2n) is 6.52. The molecule has 5 heterocycles. The van der Waals surface area contributed by atoms with Gasteiger partial charge in [0.05, 0.1) is 29.5 Å². The van der Waals surface area contributed by atoms with Crippen LogP contribution in [0.5, 0.6) is 0 Å². The predicted octanol–water partition coefficient (Wildman–Crippen LogP) is 2.33. The third-order valence-corrected chi connectivity index (χ3v) is 4.95. The minimum absolute atomic E-state index is 0.373. The fourth-order valence-electron chi connectivity index (χ4n) is 3.90. The Bertz CT molecular complexity index is 855. The molecule has 0 radical (unpaired) electrons. The Morgan fingerprint density at radius 2 is 2.09 bits per heavy atom. The topological polar surface area (TPSA) is 59.0 Å². The Labute approximate surface area is 134 Å². The summed E-state index contributed by atoms with van der Waals surface area (Å²) in [6.45, 7) is 1.93. The van der Waals surface area contributed by atoms with Crippen molar-refractivity contribution in [3.05, 3.63) is 30.9 Å². The number of pyridine rings is 1. The third kappa shape index (κ3) is 2.05. The van der Waals surface area contributed by atoms with Crippen LogP contribution in [-0.2, 0) is 11.8 Å². The Hall–Kier alpha value is -2.34. The molecule has 0 aromatic carbocycles. The van der Waals surface area contributed by atoms with E-state index < -0.39 is 0 Å². The highest BCUT2D eigenvalue weighted by Gasteiger charge is 2.34. The van der Waals surface area contributed by atoms with Gasteiger partial charge in [0, 0.05) is 49.9 Å². The standard InChI is InChI=1S/C17H19N5O/c1-21-8-11(6-20-21)14-7-19-17-16(14)15(4-5-18-17)22-9-12-2-3-13(10-22)23-12/h4-8,12-13H,2-3,9-10H2,1H3,(H,18,19). The van der Waals surface area contributed by atoms with Gasteiger partial charge in [0.1, 0.15) is 5.65 Å². The number of aromatic nitrogens is 4. The van der Waals surface area contributed by atoms with Crippen LogP contribution in [0.4, 0.5) is 5.69 Å². The summed E-state index contributed by atoms with van der Waals surface area (Å²) in [6.07, 6.45) is 11.0. The number of nitrogens with zero attached hydrogens (tertiary/aromatic N) is 4. The number of rotatable bonds is 2. The van der Waals surface area contributed by atoms with Crippen LogP contribution in [-0.4, -0.2) is 45.0 Å². The van der Waals surface area contributed by atoms with Gasteiger partial charge in [-0.2, -0.15) is 5.10 Å². The van der Waals surface area contributed by atoms with Gasteiger partial charge >= 0.3 is 0 Å². The molecule has 2 unspecified atom stereocenters. The minimum atomic E-state index is 0.373. The van der Waals surface area contributed by atoms with Crippen molar-refractivity contribution >= 4 is 16.7 Å². The second kappa shape index (κ2) is 4.83. The summed E-state index contributed by atoms with van der Waals surface area (Å²) in [6, 6.07) is 2.13. The van der Waals surface area contributed by atoms with Crippen molar-refractivity contribution in [2.24, 2.45) is 7.05 Å². The number of fused-ring (bicyclic) bond motifs is 3. The maximum atomic E-state index is 5.98. The summed E-state index contributed by atoms with van der Waals surface area (Å²) in [5.41, 5.74) is 4.45. The first-order chi connectivity index (χ1) is 11.3. The molecular weight excluding hydrogens is 290 g/mol. The number of H-pyrrole nitrogens is 1. The quantitative estimate of drug-likeness (QED) is 0.789. The van der Waals surface area contributed by atoms with E-state index in [-0.39, 0.29) is 0 Å². The molecule has 118 valence electrons. The van der Waals surface area contributed by atoms with Gasteiger partial charge in [-0.3, -0.25) is 4.68 Å². The molecule has 2 fully saturated rings. The van der Waals surface area contributed by atoms with Crippen LogP contribution in [0, 0.1) is 0 Å². The first-order valence-electron chi connectivity index (χ1n) is 8.13. The summed E-state index contributed by atoms with van der Waals surface area (Å²) in [4.78, 5) is 10.3. The molecule has 0 aliphatic carbocycles. The first-order valence-corrected chi connectivity index (χ1v) is 8.13. The molecule has 2 aliphatic heterocycles. The molecule has 0 amide bonds. The van der Waals surface area contributed by atoms with Crippen LogP contribution in [0.1, 0.15) is 12.8 Å². The van der Waals surface area contributed by atoms with E-state index in [1.807, 2.05) is 36.5 Å². The van der Waals surface area contributed by atoms with Crippen molar-refractivity contribution in [2.75, 3.05) is 18.0 Å². The van der Waals surface area contributed by atoms with Crippen molar-refractivity contribution in [1.29, 1.82) is 0 Å². The van der Waals surface area contributed by atoms with Gasteiger partial charge in [-0.1, -0.05) is 0 Å². The largest absolute Gasteiger partial charge is 0.371 e. The van der Waals surface area contributed by atoms with Gasteiger partial charge in [-0.25, -0.2) is 4.98 Å². The number of anilines is 1. The zero-order valence-corrected chi connectivity index (χ0v) is 13.1. The number of ether oxygens (including phenoxy) is 1. The summed E-state index contributed by atoms with van der Waals surface area (Å²) < 4.78 is 7.81. The van der Waals surface area contributed by atoms with Crippen LogP contribution in [0.3, 0.4) is 0 Å². The number of nitrogens with one attached hydrogen (secondary N) is 1. The van der Waals surface area contributed by atoms with Crippen LogP contribution in [0.15, 0.2) is 30.9 Å². The smallest absolute Gasteiger partial charge is 0.139 e. The van der Waals surface area contributed by atoms with E-state index in [0.29, 0.717) is 12.2 Å². The SMILES string of the molecule is Cn1cc(-c2c[nH]c3nccc(N4CC5CCC(C4)O5)c23)cn1. The normalized spacial score (nSPS) is 23.8. The average molecular weight is 309 g/mol. The molecule has 23 heavy (non-hydrogen) atoms. The molecule has 2 aliphatic rings. The molecule has 3 aromatic rings. The fraction of sp³-hybridized carbons (Fsp3) is 0.412. The van der Waals surface area contributed by atoms with Gasteiger partial charge in [0.15, 0.2) is 0 Å². The molecule has 2 atom stereocenters. The van der Waals surface area contributed by atoms with E-state index >= 15 is 0 Å². The van der Waals surface area contributed by atoms with E-state index in [1.165, 1.54) is 23.9 Å². The van der Waals surface area contributed by atoms with Gasteiger partial charge in [0.2, 0.25) is 0 Å². The molecule has 2 bridgehead atoms. The first kappa shape index (κ1) is 13.1. The van der Waals surface area contributed by atoms with Crippen LogP contribution in [0.2, 0.25) is 0 Å². The molecule has 6 nitrogen and oxygen atoms in total. The molecule has 5 rings (SSSR count). The summed E-state index contributed by atoms with van der Waals surface area (Å²) in [7, 11) is 1.94. The Kier molecular flexibility index (Phi) is 2.76. The van der Waals surface area contributed by atoms with Crippen molar-refractivity contribution < 1.29 is 4.74 Å². The zero-order chi connectivity index (χ0) is 15.4. The summed E-state index contributed by atoms with van der Waals surface area (Å²) in [5, 5.41) is 5.49. The van der Waals surface area contributed by atoms with Crippen molar-refractivity contribution in [3.8, 4) is 11.1 Å². The fourth-order valence-corrected chi connectivity index (χ4v) is 3.90.